The Morgan fingerprint density at radius 2 is 2.11 bits per heavy atom. The average Bonchev–Trinajstić information content (AvgIpc) is 2.74. The molecule has 3 nitrogen and oxygen atoms in total. The van der Waals surface area contributed by atoms with Gasteiger partial charge in [-0.25, -0.2) is 4.39 Å². The summed E-state index contributed by atoms with van der Waals surface area (Å²) < 4.78 is 13.2. The molecule has 1 aromatic heterocycles. The van der Waals surface area contributed by atoms with Gasteiger partial charge in [-0.3, -0.25) is 4.79 Å². The number of anilines is 1. The highest BCUT2D eigenvalue weighted by Crippen LogP contribution is 2.22. The molecule has 19 heavy (non-hydrogen) atoms. The van der Waals surface area contributed by atoms with E-state index in [1.165, 1.54) is 23.1 Å². The van der Waals surface area contributed by atoms with Gasteiger partial charge in [0.25, 0.3) is 5.91 Å². The lowest BCUT2D eigenvalue weighted by Gasteiger charge is -2.12. The van der Waals surface area contributed by atoms with Crippen LogP contribution in [0, 0.1) is 12.7 Å². The second kappa shape index (κ2) is 5.40. The molecule has 0 saturated carbocycles. The molecule has 0 radical (unpaired) electrons. The van der Waals surface area contributed by atoms with Crippen molar-refractivity contribution < 1.29 is 9.18 Å². The van der Waals surface area contributed by atoms with Crippen LogP contribution in [0.15, 0.2) is 30.3 Å². The fourth-order valence-electron chi connectivity index (χ4n) is 1.78. The second-order valence-corrected chi connectivity index (χ2v) is 5.74. The van der Waals surface area contributed by atoms with Gasteiger partial charge in [0.1, 0.15) is 5.82 Å². The van der Waals surface area contributed by atoms with Gasteiger partial charge in [0.2, 0.25) is 0 Å². The van der Waals surface area contributed by atoms with E-state index < -0.39 is 5.82 Å². The van der Waals surface area contributed by atoms with Crippen molar-refractivity contribution in [1.82, 2.24) is 5.32 Å². The monoisotopic (exact) mass is 278 g/mol. The minimum Gasteiger partial charge on any atom is -0.399 e. The number of nitrogens with one attached hydrogen (secondary N) is 1. The summed E-state index contributed by atoms with van der Waals surface area (Å²) in [5.41, 5.74) is 6.00. The molecular formula is C14H15FN2OS. The van der Waals surface area contributed by atoms with E-state index in [0.717, 1.165) is 4.88 Å². The summed E-state index contributed by atoms with van der Waals surface area (Å²) >= 11 is 1.63. The van der Waals surface area contributed by atoms with Crippen LogP contribution in [0.4, 0.5) is 10.1 Å². The molecule has 1 aromatic carbocycles. The molecule has 1 amide bonds. The highest BCUT2D eigenvalue weighted by atomic mass is 32.1. The molecule has 0 bridgehead atoms. The van der Waals surface area contributed by atoms with Gasteiger partial charge in [-0.15, -0.1) is 11.3 Å². The fraction of sp³-hybridized carbons (Fsp3) is 0.214. The van der Waals surface area contributed by atoms with E-state index in [-0.39, 0.29) is 23.2 Å². The zero-order valence-corrected chi connectivity index (χ0v) is 11.6. The Hall–Kier alpha value is -1.88. The van der Waals surface area contributed by atoms with Gasteiger partial charge in [0.15, 0.2) is 0 Å². The van der Waals surface area contributed by atoms with Gasteiger partial charge in [0.05, 0.1) is 6.04 Å². The summed E-state index contributed by atoms with van der Waals surface area (Å²) in [6.45, 7) is 3.90. The molecule has 1 atom stereocenters. The number of aryl methyl sites for hydroxylation is 1. The smallest absolute Gasteiger partial charge is 0.251 e. The topological polar surface area (TPSA) is 55.1 Å². The van der Waals surface area contributed by atoms with E-state index in [2.05, 4.69) is 5.32 Å². The van der Waals surface area contributed by atoms with Crippen LogP contribution in [0.1, 0.15) is 33.1 Å². The van der Waals surface area contributed by atoms with Crippen LogP contribution in [-0.2, 0) is 0 Å². The zero-order valence-electron chi connectivity index (χ0n) is 10.7. The van der Waals surface area contributed by atoms with Crippen molar-refractivity contribution in [3.05, 3.63) is 51.5 Å². The van der Waals surface area contributed by atoms with Crippen LogP contribution in [0.5, 0.6) is 0 Å². The lowest BCUT2D eigenvalue weighted by atomic mass is 10.1. The minimum atomic E-state index is -0.509. The van der Waals surface area contributed by atoms with E-state index in [9.17, 15) is 9.18 Å². The first-order valence-corrected chi connectivity index (χ1v) is 6.70. The quantitative estimate of drug-likeness (QED) is 0.847. The van der Waals surface area contributed by atoms with Gasteiger partial charge in [-0.05, 0) is 44.2 Å². The van der Waals surface area contributed by atoms with E-state index in [1.54, 1.807) is 11.3 Å². The Balaban J connectivity index is 2.12. The summed E-state index contributed by atoms with van der Waals surface area (Å²) in [5, 5.41) is 2.83. The molecule has 1 unspecified atom stereocenters. The number of thiophene rings is 1. The highest BCUT2D eigenvalue weighted by molar-refractivity contribution is 7.12. The normalized spacial score (nSPS) is 12.2. The van der Waals surface area contributed by atoms with Gasteiger partial charge in [-0.2, -0.15) is 0 Å². The molecule has 0 fully saturated rings. The number of nitrogens with two attached hydrogens (primary N) is 1. The predicted molar refractivity (Wildman–Crippen MR) is 75.7 cm³/mol. The maximum atomic E-state index is 13.2. The lowest BCUT2D eigenvalue weighted by molar-refractivity contribution is 0.0940. The van der Waals surface area contributed by atoms with Crippen molar-refractivity contribution in [2.24, 2.45) is 0 Å². The van der Waals surface area contributed by atoms with Crippen LogP contribution in [-0.4, -0.2) is 5.91 Å². The Morgan fingerprint density at radius 3 is 2.68 bits per heavy atom. The standard InChI is InChI=1S/C14H15FN2OS/c1-8-3-4-13(19-8)9(2)17-14(18)10-5-11(15)7-12(16)6-10/h3-7,9H,16H2,1-2H3,(H,17,18). The first kappa shape index (κ1) is 13.5. The van der Waals surface area contributed by atoms with Crippen LogP contribution >= 0.6 is 11.3 Å². The average molecular weight is 278 g/mol. The molecule has 2 aromatic rings. The SMILES string of the molecule is Cc1ccc(C(C)NC(=O)c2cc(N)cc(F)c2)s1. The van der Waals surface area contributed by atoms with E-state index in [0.29, 0.717) is 0 Å². The van der Waals surface area contributed by atoms with Crippen LogP contribution < -0.4 is 11.1 Å². The molecule has 1 heterocycles. The fourth-order valence-corrected chi connectivity index (χ4v) is 2.66. The third-order valence-electron chi connectivity index (χ3n) is 2.72. The number of halogens is 1. The largest absolute Gasteiger partial charge is 0.399 e. The molecule has 0 aliphatic carbocycles. The Kier molecular flexibility index (Phi) is 3.85. The van der Waals surface area contributed by atoms with Crippen LogP contribution in [0.3, 0.4) is 0 Å². The summed E-state index contributed by atoms with van der Waals surface area (Å²) in [7, 11) is 0. The van der Waals surface area contributed by atoms with Crippen LogP contribution in [0.25, 0.3) is 0 Å². The van der Waals surface area contributed by atoms with Crippen molar-refractivity contribution in [3.8, 4) is 0 Å². The molecule has 0 spiro atoms. The first-order chi connectivity index (χ1) is 8.95. The number of hydrogen-bond donors (Lipinski definition) is 2. The molecule has 3 N–H and O–H groups in total. The molecule has 5 heteroatoms. The van der Waals surface area contributed by atoms with Crippen molar-refractivity contribution in [2.75, 3.05) is 5.73 Å². The van der Waals surface area contributed by atoms with E-state index in [1.807, 2.05) is 26.0 Å². The van der Waals surface area contributed by atoms with Gasteiger partial charge >= 0.3 is 0 Å². The summed E-state index contributed by atoms with van der Waals surface area (Å²) in [4.78, 5) is 14.3. The maximum Gasteiger partial charge on any atom is 0.251 e. The highest BCUT2D eigenvalue weighted by Gasteiger charge is 2.13. The Bertz CT molecular complexity index is 589. The van der Waals surface area contributed by atoms with Crippen LogP contribution in [0.2, 0.25) is 0 Å². The van der Waals surface area contributed by atoms with Crippen molar-refractivity contribution >= 4 is 22.9 Å². The molecular weight excluding hydrogens is 263 g/mol. The number of rotatable bonds is 3. The molecule has 2 rings (SSSR count). The number of amides is 1. The number of hydrogen-bond acceptors (Lipinski definition) is 3. The first-order valence-electron chi connectivity index (χ1n) is 5.89. The maximum absolute atomic E-state index is 13.2. The molecule has 0 aliphatic rings. The summed E-state index contributed by atoms with van der Waals surface area (Å²) in [5.74, 6) is -0.838. The summed E-state index contributed by atoms with van der Waals surface area (Å²) in [6.07, 6.45) is 0. The predicted octanol–water partition coefficient (Wildman–Crippen LogP) is 3.27. The number of carbonyl (C=O) groups excluding carboxylic acids is 1. The number of carbonyl (C=O) groups is 1. The van der Waals surface area contributed by atoms with Gasteiger partial charge in [0, 0.05) is 21.0 Å². The Morgan fingerprint density at radius 1 is 1.37 bits per heavy atom. The van der Waals surface area contributed by atoms with Crippen molar-refractivity contribution in [3.63, 3.8) is 0 Å². The number of benzene rings is 1. The van der Waals surface area contributed by atoms with Gasteiger partial charge in [-0.1, -0.05) is 0 Å². The lowest BCUT2D eigenvalue weighted by Crippen LogP contribution is -2.26. The van der Waals surface area contributed by atoms with E-state index >= 15 is 0 Å². The third-order valence-corrected chi connectivity index (χ3v) is 3.90. The molecule has 0 aliphatic heterocycles. The molecule has 100 valence electrons. The number of nitrogen functional groups attached to an aromatic ring is 1. The second-order valence-electron chi connectivity index (χ2n) is 4.42. The zero-order chi connectivity index (χ0) is 14.0. The van der Waals surface area contributed by atoms with Gasteiger partial charge < -0.3 is 11.1 Å². The third kappa shape index (κ3) is 3.32. The summed E-state index contributed by atoms with van der Waals surface area (Å²) in [6, 6.07) is 7.69. The Labute approximate surface area is 115 Å². The van der Waals surface area contributed by atoms with E-state index in [4.69, 9.17) is 5.73 Å². The van der Waals surface area contributed by atoms with Crippen molar-refractivity contribution in [2.45, 2.75) is 19.9 Å². The van der Waals surface area contributed by atoms with Crippen molar-refractivity contribution in [1.29, 1.82) is 0 Å². The minimum absolute atomic E-state index is 0.115. The molecule has 0 saturated heterocycles.